The molecule has 4 heteroatoms. The molecule has 0 radical (unpaired) electrons. The maximum atomic E-state index is 5.99. The van der Waals surface area contributed by atoms with Crippen molar-refractivity contribution in [3.8, 4) is 5.69 Å². The van der Waals surface area contributed by atoms with Gasteiger partial charge in [-0.1, -0.05) is 25.5 Å². The predicted octanol–water partition coefficient (Wildman–Crippen LogP) is 3.86. The van der Waals surface area contributed by atoms with Crippen LogP contribution in [-0.4, -0.2) is 9.55 Å². The molecule has 0 atom stereocenters. The average Bonchev–Trinajstić information content (AvgIpc) is 3.17. The molecule has 0 unspecified atom stereocenters. The molecule has 1 aromatic carbocycles. The van der Waals surface area contributed by atoms with E-state index in [1.165, 1.54) is 12.8 Å². The number of pyridine rings is 1. The van der Waals surface area contributed by atoms with Crippen LogP contribution >= 0.6 is 0 Å². The van der Waals surface area contributed by atoms with Gasteiger partial charge in [-0.15, -0.1) is 0 Å². The van der Waals surface area contributed by atoms with Crippen LogP contribution in [0.2, 0.25) is 0 Å². The van der Waals surface area contributed by atoms with Gasteiger partial charge in [-0.05, 0) is 24.6 Å². The van der Waals surface area contributed by atoms with Crippen LogP contribution in [0.4, 0.5) is 0 Å². The van der Waals surface area contributed by atoms with Crippen molar-refractivity contribution in [2.45, 2.75) is 26.3 Å². The molecule has 110 valence electrons. The number of hydrogen-bond donors (Lipinski definition) is 0. The zero-order valence-corrected chi connectivity index (χ0v) is 12.6. The van der Waals surface area contributed by atoms with Crippen molar-refractivity contribution in [1.29, 1.82) is 0 Å². The highest BCUT2D eigenvalue weighted by atomic mass is 16.3. The highest BCUT2D eigenvalue weighted by Crippen LogP contribution is 2.31. The molecule has 0 saturated heterocycles. The van der Waals surface area contributed by atoms with Crippen LogP contribution in [0, 0.1) is 0 Å². The van der Waals surface area contributed by atoms with E-state index in [-0.39, 0.29) is 0 Å². The highest BCUT2D eigenvalue weighted by molar-refractivity contribution is 6.06. The Balaban J connectivity index is 1.86. The van der Waals surface area contributed by atoms with Crippen molar-refractivity contribution in [3.63, 3.8) is 0 Å². The minimum Gasteiger partial charge on any atom is -0.433 e. The molecule has 0 bridgehead atoms. The van der Waals surface area contributed by atoms with E-state index in [9.17, 15) is 0 Å². The van der Waals surface area contributed by atoms with Gasteiger partial charge in [0.15, 0.2) is 11.3 Å². The van der Waals surface area contributed by atoms with Crippen LogP contribution in [-0.2, 0) is 6.54 Å². The van der Waals surface area contributed by atoms with Crippen molar-refractivity contribution in [3.05, 3.63) is 55.2 Å². The molecule has 4 nitrogen and oxygen atoms in total. The fourth-order valence-electron chi connectivity index (χ4n) is 2.83. The van der Waals surface area contributed by atoms with Crippen LogP contribution in [0.3, 0.4) is 0 Å². The number of aryl methyl sites for hydroxylation is 1. The monoisotopic (exact) mass is 292 g/mol. The first-order chi connectivity index (χ1) is 10.9. The molecule has 0 saturated carbocycles. The molecular weight excluding hydrogens is 274 g/mol. The van der Waals surface area contributed by atoms with Gasteiger partial charge in [0.05, 0.1) is 6.54 Å². The third kappa shape index (κ3) is 2.08. The lowest BCUT2D eigenvalue weighted by Crippen LogP contribution is -2.30. The van der Waals surface area contributed by atoms with Crippen LogP contribution < -0.4 is 4.57 Å². The molecule has 0 aliphatic carbocycles. The van der Waals surface area contributed by atoms with Gasteiger partial charge in [-0.25, -0.2) is 9.55 Å². The fraction of sp³-hybridized carbons (Fsp3) is 0.222. The SMILES string of the molecule is CCCC[n+]1ccn(-c2cccc3c2oc2ncccc23)c1. The minimum absolute atomic E-state index is 0.691. The zero-order chi connectivity index (χ0) is 14.9. The molecule has 0 aliphatic heterocycles. The largest absolute Gasteiger partial charge is 0.433 e. The Bertz CT molecular complexity index is 936. The van der Waals surface area contributed by atoms with Gasteiger partial charge in [0, 0.05) is 17.0 Å². The summed E-state index contributed by atoms with van der Waals surface area (Å²) < 4.78 is 10.3. The van der Waals surface area contributed by atoms with Crippen LogP contribution in [0.25, 0.3) is 27.8 Å². The Kier molecular flexibility index (Phi) is 3.15. The molecular formula is C18H18N3O+. The van der Waals surface area contributed by atoms with E-state index >= 15 is 0 Å². The van der Waals surface area contributed by atoms with E-state index in [1.54, 1.807) is 6.20 Å². The first-order valence-electron chi connectivity index (χ1n) is 7.70. The lowest BCUT2D eigenvalue weighted by molar-refractivity contribution is -0.696. The minimum atomic E-state index is 0.691. The number of rotatable bonds is 4. The smallest absolute Gasteiger partial charge is 0.249 e. The number of benzene rings is 1. The van der Waals surface area contributed by atoms with Gasteiger partial charge >= 0.3 is 0 Å². The van der Waals surface area contributed by atoms with E-state index < -0.39 is 0 Å². The fourth-order valence-corrected chi connectivity index (χ4v) is 2.83. The number of unbranched alkanes of at least 4 members (excludes halogenated alkanes) is 1. The molecule has 0 N–H and O–H groups in total. The number of imidazole rings is 1. The normalized spacial score (nSPS) is 11.5. The Morgan fingerprint density at radius 1 is 1.18 bits per heavy atom. The lowest BCUT2D eigenvalue weighted by atomic mass is 10.2. The second-order valence-electron chi connectivity index (χ2n) is 5.52. The third-order valence-electron chi connectivity index (χ3n) is 3.99. The molecule has 0 fully saturated rings. The van der Waals surface area contributed by atoms with Gasteiger partial charge < -0.3 is 4.42 Å². The molecule has 0 spiro atoms. The van der Waals surface area contributed by atoms with E-state index in [1.807, 2.05) is 6.07 Å². The Morgan fingerprint density at radius 3 is 3.00 bits per heavy atom. The average molecular weight is 292 g/mol. The molecule has 3 heterocycles. The summed E-state index contributed by atoms with van der Waals surface area (Å²) in [5, 5.41) is 2.17. The summed E-state index contributed by atoms with van der Waals surface area (Å²) in [6, 6.07) is 10.2. The number of hydrogen-bond acceptors (Lipinski definition) is 2. The van der Waals surface area contributed by atoms with E-state index in [0.29, 0.717) is 5.71 Å². The number of aromatic nitrogens is 3. The van der Waals surface area contributed by atoms with Crippen molar-refractivity contribution in [1.82, 2.24) is 9.55 Å². The molecule has 0 aliphatic rings. The van der Waals surface area contributed by atoms with Crippen LogP contribution in [0.15, 0.2) is 59.7 Å². The van der Waals surface area contributed by atoms with Crippen molar-refractivity contribution in [2.24, 2.45) is 0 Å². The van der Waals surface area contributed by atoms with Crippen molar-refractivity contribution < 1.29 is 8.98 Å². The zero-order valence-electron chi connectivity index (χ0n) is 12.6. The maximum absolute atomic E-state index is 5.99. The quantitative estimate of drug-likeness (QED) is 0.535. The number of fused-ring (bicyclic) bond motifs is 3. The molecule has 4 rings (SSSR count). The third-order valence-corrected chi connectivity index (χ3v) is 3.99. The first kappa shape index (κ1) is 13.1. The van der Waals surface area contributed by atoms with Gasteiger partial charge in [0.2, 0.25) is 12.0 Å². The van der Waals surface area contributed by atoms with Gasteiger partial charge in [0.1, 0.15) is 12.4 Å². The molecule has 3 aromatic heterocycles. The van der Waals surface area contributed by atoms with Gasteiger partial charge in [-0.2, -0.15) is 4.57 Å². The predicted molar refractivity (Wildman–Crippen MR) is 85.9 cm³/mol. The van der Waals surface area contributed by atoms with Crippen LogP contribution in [0.5, 0.6) is 0 Å². The summed E-state index contributed by atoms with van der Waals surface area (Å²) in [6.07, 6.45) is 10.4. The van der Waals surface area contributed by atoms with Gasteiger partial charge in [0.25, 0.3) is 0 Å². The van der Waals surface area contributed by atoms with E-state index in [2.05, 4.69) is 64.0 Å². The molecule has 4 aromatic rings. The van der Waals surface area contributed by atoms with Crippen molar-refractivity contribution in [2.75, 3.05) is 0 Å². The summed E-state index contributed by atoms with van der Waals surface area (Å²) in [5.41, 5.74) is 2.62. The second kappa shape index (κ2) is 5.30. The Hall–Kier alpha value is -2.62. The summed E-state index contributed by atoms with van der Waals surface area (Å²) >= 11 is 0. The second-order valence-corrected chi connectivity index (χ2v) is 5.52. The lowest BCUT2D eigenvalue weighted by Gasteiger charge is -1.97. The Morgan fingerprint density at radius 2 is 2.09 bits per heavy atom. The topological polar surface area (TPSA) is 34.8 Å². The molecule has 0 amide bonds. The van der Waals surface area contributed by atoms with Gasteiger partial charge in [-0.3, -0.25) is 0 Å². The highest BCUT2D eigenvalue weighted by Gasteiger charge is 2.16. The summed E-state index contributed by atoms with van der Waals surface area (Å²) in [4.78, 5) is 4.32. The van der Waals surface area contributed by atoms with E-state index in [4.69, 9.17) is 4.42 Å². The maximum Gasteiger partial charge on any atom is 0.249 e. The summed E-state index contributed by atoms with van der Waals surface area (Å²) in [5.74, 6) is 0. The number of furan rings is 1. The van der Waals surface area contributed by atoms with Crippen molar-refractivity contribution >= 4 is 22.1 Å². The Labute approximate surface area is 128 Å². The number of nitrogens with zero attached hydrogens (tertiary/aromatic N) is 3. The summed E-state index contributed by atoms with van der Waals surface area (Å²) in [6.45, 7) is 3.25. The summed E-state index contributed by atoms with van der Waals surface area (Å²) in [7, 11) is 0. The van der Waals surface area contributed by atoms with E-state index in [0.717, 1.165) is 28.6 Å². The standard InChI is InChI=1S/C18H18N3O/c1-2-3-10-20-11-12-21(13-20)16-8-4-6-14-15-7-5-9-19-18(15)22-17(14)16/h4-9,11-13H,2-3,10H2,1H3/q+1. The number of para-hydroxylation sites is 1. The van der Waals surface area contributed by atoms with Crippen LogP contribution in [0.1, 0.15) is 19.8 Å². The molecule has 22 heavy (non-hydrogen) atoms. The first-order valence-corrected chi connectivity index (χ1v) is 7.70.